The fourth-order valence-electron chi connectivity index (χ4n) is 4.43. The summed E-state index contributed by atoms with van der Waals surface area (Å²) < 4.78 is 0. The van der Waals surface area contributed by atoms with E-state index >= 15 is 0 Å². The Kier molecular flexibility index (Phi) is 4.71. The highest BCUT2D eigenvalue weighted by atomic mass is 16.7. The number of benzene rings is 3. The molecule has 0 unspecified atom stereocenters. The fraction of sp³-hybridized carbons (Fsp3) is 0.167. The number of fused-ring (bicyclic) bond motifs is 1. The second-order valence-corrected chi connectivity index (χ2v) is 7.81. The second kappa shape index (κ2) is 7.58. The first-order valence-electron chi connectivity index (χ1n) is 10.2. The molecule has 0 aromatic heterocycles. The topological polar surface area (TPSA) is 93.0 Å². The minimum atomic E-state index is -1.02. The number of carbonyl (C=O) groups excluding carboxylic acids is 2. The van der Waals surface area contributed by atoms with Crippen LogP contribution in [0, 0.1) is 23.0 Å². The van der Waals surface area contributed by atoms with E-state index in [1.807, 2.05) is 37.3 Å². The van der Waals surface area contributed by atoms with Crippen molar-refractivity contribution in [2.24, 2.45) is 5.92 Å². The van der Waals surface area contributed by atoms with Gasteiger partial charge >= 0.3 is 0 Å². The van der Waals surface area contributed by atoms with E-state index in [4.69, 9.17) is 4.84 Å². The van der Waals surface area contributed by atoms with E-state index in [9.17, 15) is 19.7 Å². The molecule has 0 spiro atoms. The van der Waals surface area contributed by atoms with Crippen molar-refractivity contribution in [3.8, 4) is 0 Å². The molecule has 2 aliphatic heterocycles. The molecule has 8 nitrogen and oxygen atoms in total. The van der Waals surface area contributed by atoms with Gasteiger partial charge in [-0.15, -0.1) is 0 Å². The quantitative estimate of drug-likeness (QED) is 0.354. The molecule has 2 amide bonds. The molecule has 0 aliphatic carbocycles. The normalized spacial score (nSPS) is 22.3. The first kappa shape index (κ1) is 19.9. The molecule has 5 rings (SSSR count). The third-order valence-electron chi connectivity index (χ3n) is 5.91. The lowest BCUT2D eigenvalue weighted by molar-refractivity contribution is -0.384. The van der Waals surface area contributed by atoms with E-state index < -0.39 is 28.9 Å². The molecule has 32 heavy (non-hydrogen) atoms. The molecule has 3 aromatic carbocycles. The molecule has 0 N–H and O–H groups in total. The number of anilines is 2. The molecule has 3 atom stereocenters. The third kappa shape index (κ3) is 3.04. The number of hydrogen-bond donors (Lipinski definition) is 0. The van der Waals surface area contributed by atoms with Crippen LogP contribution in [0.3, 0.4) is 0 Å². The second-order valence-electron chi connectivity index (χ2n) is 7.81. The van der Waals surface area contributed by atoms with Gasteiger partial charge in [0.05, 0.1) is 22.3 Å². The maximum Gasteiger partial charge on any atom is 0.269 e. The maximum absolute atomic E-state index is 13.6. The highest BCUT2D eigenvalue weighted by Gasteiger charge is 2.60. The highest BCUT2D eigenvalue weighted by Crippen LogP contribution is 2.48. The van der Waals surface area contributed by atoms with Crippen molar-refractivity contribution in [2.45, 2.75) is 19.1 Å². The first-order chi connectivity index (χ1) is 15.5. The van der Waals surface area contributed by atoms with E-state index in [1.165, 1.54) is 22.1 Å². The van der Waals surface area contributed by atoms with Gasteiger partial charge in [-0.2, -0.15) is 0 Å². The molecule has 160 valence electrons. The summed E-state index contributed by atoms with van der Waals surface area (Å²) in [6.07, 6.45) is -1.02. The van der Waals surface area contributed by atoms with E-state index in [1.54, 1.807) is 36.4 Å². The zero-order valence-corrected chi connectivity index (χ0v) is 17.1. The number of para-hydroxylation sites is 2. The lowest BCUT2D eigenvalue weighted by atomic mass is 9.90. The highest BCUT2D eigenvalue weighted by molar-refractivity contribution is 6.24. The minimum absolute atomic E-state index is 0.0912. The predicted molar refractivity (Wildman–Crippen MR) is 117 cm³/mol. The molecule has 2 saturated heterocycles. The number of carbonyl (C=O) groups is 2. The SMILES string of the molecule is Cc1ccccc1N1C(=O)[C@H]2[C@H](ON(c3ccccc3)[C@H]2c2cccc([N+](=O)[O-])c2)C1=O. The zero-order valence-electron chi connectivity index (χ0n) is 17.1. The summed E-state index contributed by atoms with van der Waals surface area (Å²) >= 11 is 0. The van der Waals surface area contributed by atoms with Crippen LogP contribution in [-0.4, -0.2) is 22.8 Å². The summed E-state index contributed by atoms with van der Waals surface area (Å²) in [5.74, 6) is -1.67. The summed E-state index contributed by atoms with van der Waals surface area (Å²) in [7, 11) is 0. The summed E-state index contributed by atoms with van der Waals surface area (Å²) in [5, 5.41) is 12.9. The van der Waals surface area contributed by atoms with Gasteiger partial charge in [-0.1, -0.05) is 48.5 Å². The van der Waals surface area contributed by atoms with E-state index in [0.29, 0.717) is 16.9 Å². The van der Waals surface area contributed by atoms with Crippen molar-refractivity contribution in [3.63, 3.8) is 0 Å². The molecule has 2 aliphatic rings. The van der Waals surface area contributed by atoms with Crippen LogP contribution in [0.25, 0.3) is 0 Å². The van der Waals surface area contributed by atoms with E-state index in [-0.39, 0.29) is 11.6 Å². The Labute approximate surface area is 183 Å². The summed E-state index contributed by atoms with van der Waals surface area (Å²) in [5.41, 5.74) is 2.40. The molecular formula is C24H19N3O5. The lowest BCUT2D eigenvalue weighted by Crippen LogP contribution is -2.37. The van der Waals surface area contributed by atoms with Crippen LogP contribution in [0.4, 0.5) is 17.1 Å². The Bertz CT molecular complexity index is 1230. The summed E-state index contributed by atoms with van der Waals surface area (Å²) in [6.45, 7) is 1.83. The maximum atomic E-state index is 13.6. The van der Waals surface area contributed by atoms with Crippen LogP contribution in [0.15, 0.2) is 78.9 Å². The number of rotatable bonds is 4. The number of non-ortho nitro benzene ring substituents is 1. The molecule has 0 radical (unpaired) electrons. The van der Waals surface area contributed by atoms with Gasteiger partial charge in [0.25, 0.3) is 11.6 Å². The number of nitro groups is 1. The number of nitrogens with zero attached hydrogens (tertiary/aromatic N) is 3. The van der Waals surface area contributed by atoms with Crippen molar-refractivity contribution < 1.29 is 19.3 Å². The summed E-state index contributed by atoms with van der Waals surface area (Å²) in [6, 6.07) is 21.7. The third-order valence-corrected chi connectivity index (χ3v) is 5.91. The van der Waals surface area contributed by atoms with Crippen molar-refractivity contribution in [3.05, 3.63) is 100 Å². The molecule has 2 heterocycles. The van der Waals surface area contributed by atoms with Crippen LogP contribution in [0.5, 0.6) is 0 Å². The number of hydrogen-bond acceptors (Lipinski definition) is 6. The number of nitro benzene ring substituents is 1. The Morgan fingerprint density at radius 1 is 0.906 bits per heavy atom. The average Bonchev–Trinajstić information content (AvgIpc) is 3.31. The van der Waals surface area contributed by atoms with Crippen LogP contribution in [0.2, 0.25) is 0 Å². The van der Waals surface area contributed by atoms with Gasteiger partial charge in [0.15, 0.2) is 6.10 Å². The molecule has 0 saturated carbocycles. The molecule has 3 aromatic rings. The van der Waals surface area contributed by atoms with E-state index in [2.05, 4.69) is 0 Å². The first-order valence-corrected chi connectivity index (χ1v) is 10.2. The van der Waals surface area contributed by atoms with Gasteiger partial charge in [-0.25, -0.2) is 9.96 Å². The van der Waals surface area contributed by atoms with Gasteiger partial charge < -0.3 is 0 Å². The molecular weight excluding hydrogens is 410 g/mol. The Morgan fingerprint density at radius 3 is 2.34 bits per heavy atom. The van der Waals surface area contributed by atoms with Crippen LogP contribution in [-0.2, 0) is 14.4 Å². The van der Waals surface area contributed by atoms with Gasteiger partial charge in [-0.05, 0) is 36.2 Å². The van der Waals surface area contributed by atoms with Gasteiger partial charge in [-0.3, -0.25) is 24.5 Å². The van der Waals surface area contributed by atoms with E-state index in [0.717, 1.165) is 5.56 Å². The number of hydroxylamine groups is 1. The Balaban J connectivity index is 1.62. The lowest BCUT2D eigenvalue weighted by Gasteiger charge is -2.29. The smallest absolute Gasteiger partial charge is 0.269 e. The number of aryl methyl sites for hydroxylation is 1. The van der Waals surface area contributed by atoms with Gasteiger partial charge in [0, 0.05) is 12.1 Å². The average molecular weight is 429 g/mol. The van der Waals surface area contributed by atoms with Crippen molar-refractivity contribution >= 4 is 28.9 Å². The van der Waals surface area contributed by atoms with Crippen LogP contribution >= 0.6 is 0 Å². The predicted octanol–water partition coefficient (Wildman–Crippen LogP) is 3.95. The molecule has 0 bridgehead atoms. The van der Waals surface area contributed by atoms with Crippen molar-refractivity contribution in [2.75, 3.05) is 9.96 Å². The van der Waals surface area contributed by atoms with Crippen LogP contribution in [0.1, 0.15) is 17.2 Å². The largest absolute Gasteiger partial charge is 0.273 e. The van der Waals surface area contributed by atoms with Crippen molar-refractivity contribution in [1.82, 2.24) is 0 Å². The number of imide groups is 1. The molecule has 8 heteroatoms. The van der Waals surface area contributed by atoms with Gasteiger partial charge in [0.1, 0.15) is 5.92 Å². The Hall–Kier alpha value is -4.04. The number of amides is 2. The standard InChI is InChI=1S/C24H19N3O5/c1-15-8-5-6-13-19(15)25-23(28)20-21(16-9-7-12-18(14-16)27(30)31)26(32-22(20)24(25)29)17-10-3-2-4-11-17/h2-14,20-22H,1H3/t20-,21+,22+/m1/s1. The molecule has 2 fully saturated rings. The summed E-state index contributed by atoms with van der Waals surface area (Å²) in [4.78, 5) is 45.0. The fourth-order valence-corrected chi connectivity index (χ4v) is 4.43. The minimum Gasteiger partial charge on any atom is -0.273 e. The Morgan fingerprint density at radius 2 is 1.62 bits per heavy atom. The van der Waals surface area contributed by atoms with Crippen LogP contribution < -0.4 is 9.96 Å². The monoisotopic (exact) mass is 429 g/mol. The van der Waals surface area contributed by atoms with Gasteiger partial charge in [0.2, 0.25) is 5.91 Å². The van der Waals surface area contributed by atoms with Crippen molar-refractivity contribution in [1.29, 1.82) is 0 Å². The zero-order chi connectivity index (χ0) is 22.4.